The van der Waals surface area contributed by atoms with Gasteiger partial charge in [0.15, 0.2) is 0 Å². The highest BCUT2D eigenvalue weighted by Gasteiger charge is 2.33. The van der Waals surface area contributed by atoms with E-state index < -0.39 is 0 Å². The van der Waals surface area contributed by atoms with Crippen molar-refractivity contribution in [2.75, 3.05) is 38.2 Å². The number of hydrogen-bond donors (Lipinski definition) is 1. The molecule has 0 unspecified atom stereocenters. The van der Waals surface area contributed by atoms with Gasteiger partial charge in [0.2, 0.25) is 0 Å². The lowest BCUT2D eigenvalue weighted by Gasteiger charge is -2.40. The van der Waals surface area contributed by atoms with Gasteiger partial charge in [-0.2, -0.15) is 0 Å². The van der Waals surface area contributed by atoms with Crippen LogP contribution in [0, 0.1) is 6.92 Å². The molecule has 1 N–H and O–H groups in total. The molecule has 1 atom stereocenters. The van der Waals surface area contributed by atoms with Gasteiger partial charge in [-0.25, -0.2) is 0 Å². The molecule has 0 bridgehead atoms. The minimum absolute atomic E-state index is 0.00522. The van der Waals surface area contributed by atoms with E-state index in [1.165, 1.54) is 11.1 Å². The highest BCUT2D eigenvalue weighted by Crippen LogP contribution is 2.34. The quantitative estimate of drug-likeness (QED) is 0.175. The molecule has 7 rings (SSSR count). The van der Waals surface area contributed by atoms with Gasteiger partial charge >= 0.3 is 0 Å². The Kier molecular flexibility index (Phi) is 10.0. The van der Waals surface area contributed by atoms with Crippen LogP contribution >= 0.6 is 11.6 Å². The van der Waals surface area contributed by atoms with Gasteiger partial charge in [-0.05, 0) is 78.6 Å². The smallest absolute Gasteiger partial charge is 0.257 e. The number of fused-ring (bicyclic) bond motifs is 1. The van der Waals surface area contributed by atoms with E-state index >= 15 is 0 Å². The van der Waals surface area contributed by atoms with Gasteiger partial charge in [0.1, 0.15) is 12.4 Å². The van der Waals surface area contributed by atoms with Crippen LogP contribution in [-0.4, -0.2) is 65.1 Å². The third-order valence-corrected chi connectivity index (χ3v) is 10.1. The Morgan fingerprint density at radius 3 is 2.36 bits per heavy atom. The summed E-state index contributed by atoms with van der Waals surface area (Å²) in [7, 11) is 1.91. The van der Waals surface area contributed by atoms with Crippen molar-refractivity contribution in [3.63, 3.8) is 0 Å². The molecule has 4 aromatic carbocycles. The van der Waals surface area contributed by atoms with E-state index in [9.17, 15) is 9.59 Å². The molecule has 2 aliphatic rings. The normalized spacial score (nSPS) is 16.1. The number of hydrogen-bond acceptors (Lipinski definition) is 5. The van der Waals surface area contributed by atoms with Gasteiger partial charge in [-0.1, -0.05) is 66.2 Å². The van der Waals surface area contributed by atoms with Crippen molar-refractivity contribution in [2.45, 2.75) is 32.5 Å². The summed E-state index contributed by atoms with van der Waals surface area (Å²) in [4.78, 5) is 32.7. The van der Waals surface area contributed by atoms with Crippen LogP contribution in [0.5, 0.6) is 5.75 Å². The van der Waals surface area contributed by atoms with Crippen molar-refractivity contribution in [3.05, 3.63) is 142 Å². The van der Waals surface area contributed by atoms with Crippen molar-refractivity contribution in [1.29, 1.82) is 0 Å². The number of nitrogens with zero attached hydrogens (tertiary/aromatic N) is 3. The van der Waals surface area contributed by atoms with Crippen molar-refractivity contribution < 1.29 is 19.1 Å². The monoisotopic (exact) mass is 688 g/mol. The van der Waals surface area contributed by atoms with Gasteiger partial charge in [0, 0.05) is 72.5 Å². The summed E-state index contributed by atoms with van der Waals surface area (Å²) in [5.74, 6) is 0.423. The summed E-state index contributed by atoms with van der Waals surface area (Å²) in [6.45, 7) is 6.79. The SMILES string of the molecule is Cc1c(C(=O)Nc2ccc(OCc3ccccc3)cc2)cc(-c2cc(Cl)ccc2C(=O)N2Cc3ccccc3C[C@H]2CN2CCOCC2)n1C. The van der Waals surface area contributed by atoms with Crippen LogP contribution in [0.25, 0.3) is 11.3 Å². The summed E-state index contributed by atoms with van der Waals surface area (Å²) < 4.78 is 13.5. The van der Waals surface area contributed by atoms with Gasteiger partial charge < -0.3 is 24.3 Å². The number of amides is 2. The first-order chi connectivity index (χ1) is 24.3. The molecular formula is C41H41ClN4O4. The molecule has 3 heterocycles. The fraction of sp³-hybridized carbons (Fsp3) is 0.268. The predicted octanol–water partition coefficient (Wildman–Crippen LogP) is 7.38. The molecule has 2 amide bonds. The number of ether oxygens (including phenoxy) is 2. The average Bonchev–Trinajstić information content (AvgIpc) is 3.44. The summed E-state index contributed by atoms with van der Waals surface area (Å²) in [5, 5.41) is 3.54. The fourth-order valence-corrected chi connectivity index (χ4v) is 7.07. The highest BCUT2D eigenvalue weighted by atomic mass is 35.5. The molecule has 1 aromatic heterocycles. The Labute approximate surface area is 298 Å². The number of carbonyl (C=O) groups excluding carboxylic acids is 2. The van der Waals surface area contributed by atoms with Crippen molar-refractivity contribution in [2.24, 2.45) is 7.05 Å². The third-order valence-electron chi connectivity index (χ3n) is 9.82. The molecule has 1 saturated heterocycles. The zero-order valence-electron chi connectivity index (χ0n) is 28.4. The van der Waals surface area contributed by atoms with E-state index in [4.69, 9.17) is 21.1 Å². The lowest BCUT2D eigenvalue weighted by atomic mass is 9.92. The van der Waals surface area contributed by atoms with Crippen LogP contribution < -0.4 is 10.1 Å². The lowest BCUT2D eigenvalue weighted by Crippen LogP contribution is -2.52. The molecule has 256 valence electrons. The summed E-state index contributed by atoms with van der Waals surface area (Å²) in [6, 6.07) is 33.0. The molecular weight excluding hydrogens is 648 g/mol. The van der Waals surface area contributed by atoms with Gasteiger partial charge in [-0.15, -0.1) is 0 Å². The van der Waals surface area contributed by atoms with E-state index in [2.05, 4.69) is 28.4 Å². The summed E-state index contributed by atoms with van der Waals surface area (Å²) in [5.41, 5.74) is 7.47. The maximum atomic E-state index is 14.6. The highest BCUT2D eigenvalue weighted by molar-refractivity contribution is 6.31. The van der Waals surface area contributed by atoms with Crippen LogP contribution in [0.4, 0.5) is 5.69 Å². The number of rotatable bonds is 9. The number of carbonyl (C=O) groups is 2. The van der Waals surface area contributed by atoms with Crippen LogP contribution in [0.2, 0.25) is 5.02 Å². The van der Waals surface area contributed by atoms with E-state index in [-0.39, 0.29) is 17.9 Å². The van der Waals surface area contributed by atoms with Crippen molar-refractivity contribution in [3.8, 4) is 17.0 Å². The maximum Gasteiger partial charge on any atom is 0.257 e. The van der Waals surface area contributed by atoms with Crippen molar-refractivity contribution in [1.82, 2.24) is 14.4 Å². The van der Waals surface area contributed by atoms with Gasteiger partial charge in [0.05, 0.1) is 18.8 Å². The largest absolute Gasteiger partial charge is 0.489 e. The molecule has 8 nitrogen and oxygen atoms in total. The number of nitrogens with one attached hydrogen (secondary N) is 1. The Balaban J connectivity index is 1.13. The predicted molar refractivity (Wildman–Crippen MR) is 197 cm³/mol. The standard InChI is InChI=1S/C41H41ClN4O4/c1-28-37(40(47)43-33-13-15-35(16-14-33)50-27-29-8-4-3-5-9-29)24-39(44(28)2)38-23-32(42)12-17-36(38)41(48)46-25-31-11-7-6-10-30(31)22-34(46)26-45-18-20-49-21-19-45/h3-17,23-24,34H,18-22,25-27H2,1-2H3,(H,43,47)/t34-/m0/s1. The maximum absolute atomic E-state index is 14.6. The number of benzene rings is 4. The van der Waals surface area contributed by atoms with Crippen LogP contribution in [0.3, 0.4) is 0 Å². The number of aromatic nitrogens is 1. The molecule has 50 heavy (non-hydrogen) atoms. The fourth-order valence-electron chi connectivity index (χ4n) is 6.90. The van der Waals surface area contributed by atoms with Gasteiger partial charge in [-0.3, -0.25) is 14.5 Å². The molecule has 9 heteroatoms. The Morgan fingerprint density at radius 2 is 1.60 bits per heavy atom. The van der Waals surface area contributed by atoms with E-state index in [0.717, 1.165) is 43.0 Å². The zero-order chi connectivity index (χ0) is 34.6. The third kappa shape index (κ3) is 7.33. The van der Waals surface area contributed by atoms with Gasteiger partial charge in [0.25, 0.3) is 11.8 Å². The molecule has 5 aromatic rings. The minimum Gasteiger partial charge on any atom is -0.489 e. The first kappa shape index (κ1) is 33.6. The van der Waals surface area contributed by atoms with E-state index in [1.807, 2.05) is 102 Å². The molecule has 2 aliphatic heterocycles. The van der Waals surface area contributed by atoms with E-state index in [0.29, 0.717) is 59.5 Å². The second kappa shape index (κ2) is 14.9. The Hall–Kier alpha value is -4.89. The molecule has 1 fully saturated rings. The van der Waals surface area contributed by atoms with Crippen LogP contribution in [-0.2, 0) is 31.4 Å². The first-order valence-corrected chi connectivity index (χ1v) is 17.4. The number of morpholine rings is 1. The average molecular weight is 689 g/mol. The van der Waals surface area contributed by atoms with Crippen molar-refractivity contribution >= 4 is 29.1 Å². The Bertz CT molecular complexity index is 1990. The summed E-state index contributed by atoms with van der Waals surface area (Å²) >= 11 is 6.58. The Morgan fingerprint density at radius 1 is 0.880 bits per heavy atom. The lowest BCUT2D eigenvalue weighted by molar-refractivity contribution is 0.0193. The second-order valence-electron chi connectivity index (χ2n) is 13.0. The minimum atomic E-state index is -0.240. The second-order valence-corrected chi connectivity index (χ2v) is 13.4. The van der Waals surface area contributed by atoms with Crippen LogP contribution in [0.15, 0.2) is 103 Å². The van der Waals surface area contributed by atoms with Crippen LogP contribution in [0.1, 0.15) is 43.1 Å². The number of anilines is 1. The molecule has 0 spiro atoms. The van der Waals surface area contributed by atoms with E-state index in [1.54, 1.807) is 6.07 Å². The zero-order valence-corrected chi connectivity index (χ0v) is 29.2. The first-order valence-electron chi connectivity index (χ1n) is 17.1. The number of halogens is 1. The summed E-state index contributed by atoms with van der Waals surface area (Å²) in [6.07, 6.45) is 0.788. The topological polar surface area (TPSA) is 76.0 Å². The molecule has 0 saturated carbocycles. The molecule has 0 aliphatic carbocycles. The molecule has 0 radical (unpaired) electrons.